The van der Waals surface area contributed by atoms with Gasteiger partial charge in [-0.15, -0.1) is 0 Å². The van der Waals surface area contributed by atoms with Crippen LogP contribution < -0.4 is 0 Å². The number of nitrogens with zero attached hydrogens (tertiary/aromatic N) is 1. The maximum Gasteiger partial charge on any atom is 0.338 e. The fourth-order valence-corrected chi connectivity index (χ4v) is 3.05. The van der Waals surface area contributed by atoms with Gasteiger partial charge in [-0.05, 0) is 6.42 Å². The van der Waals surface area contributed by atoms with Crippen molar-refractivity contribution in [3.05, 3.63) is 23.7 Å². The van der Waals surface area contributed by atoms with Crippen LogP contribution in [0.2, 0.25) is 0 Å². The molecule has 1 amide bonds. The van der Waals surface area contributed by atoms with Crippen LogP contribution in [0.15, 0.2) is 16.7 Å². The van der Waals surface area contributed by atoms with Gasteiger partial charge in [-0.25, -0.2) is 4.79 Å². The van der Waals surface area contributed by atoms with E-state index in [0.717, 1.165) is 18.4 Å². The zero-order chi connectivity index (χ0) is 13.1. The van der Waals surface area contributed by atoms with E-state index >= 15 is 0 Å². The number of thioether (sulfide) groups is 1. The van der Waals surface area contributed by atoms with E-state index in [4.69, 9.17) is 9.52 Å². The van der Waals surface area contributed by atoms with E-state index in [1.54, 1.807) is 4.90 Å². The Hall–Kier alpha value is -1.43. The SMILES string of the molecule is CCC1CN(C(=O)c2cc(C(=O)O)co2)CCS1. The molecule has 2 rings (SSSR count). The van der Waals surface area contributed by atoms with Crippen LogP contribution in [0.5, 0.6) is 0 Å². The van der Waals surface area contributed by atoms with E-state index < -0.39 is 5.97 Å². The monoisotopic (exact) mass is 269 g/mol. The van der Waals surface area contributed by atoms with Crippen molar-refractivity contribution in [1.82, 2.24) is 4.90 Å². The van der Waals surface area contributed by atoms with Crippen molar-refractivity contribution in [1.29, 1.82) is 0 Å². The molecule has 1 atom stereocenters. The third-order valence-corrected chi connectivity index (χ3v) is 4.31. The van der Waals surface area contributed by atoms with Gasteiger partial charge in [-0.3, -0.25) is 4.79 Å². The smallest absolute Gasteiger partial charge is 0.338 e. The molecular weight excluding hydrogens is 254 g/mol. The Morgan fingerprint density at radius 3 is 3.00 bits per heavy atom. The second kappa shape index (κ2) is 5.48. The summed E-state index contributed by atoms with van der Waals surface area (Å²) >= 11 is 1.87. The molecule has 18 heavy (non-hydrogen) atoms. The average molecular weight is 269 g/mol. The summed E-state index contributed by atoms with van der Waals surface area (Å²) in [6, 6.07) is 1.29. The Morgan fingerprint density at radius 2 is 2.39 bits per heavy atom. The average Bonchev–Trinajstić information content (AvgIpc) is 2.87. The number of aromatic carboxylic acids is 1. The number of carbonyl (C=O) groups is 2. The quantitative estimate of drug-likeness (QED) is 0.908. The number of hydrogen-bond donors (Lipinski definition) is 1. The summed E-state index contributed by atoms with van der Waals surface area (Å²) in [5.74, 6) is -0.287. The van der Waals surface area contributed by atoms with E-state index in [-0.39, 0.29) is 17.2 Å². The third-order valence-electron chi connectivity index (χ3n) is 2.94. The molecule has 0 aromatic carbocycles. The summed E-state index contributed by atoms with van der Waals surface area (Å²) in [5.41, 5.74) is 0.0109. The topological polar surface area (TPSA) is 70.8 Å². The normalized spacial score (nSPS) is 19.8. The number of rotatable bonds is 3. The fraction of sp³-hybridized carbons (Fsp3) is 0.500. The van der Waals surface area contributed by atoms with Gasteiger partial charge in [-0.2, -0.15) is 11.8 Å². The van der Waals surface area contributed by atoms with Gasteiger partial charge in [0.25, 0.3) is 5.91 Å². The second-order valence-electron chi connectivity index (χ2n) is 4.16. The molecule has 1 aromatic heterocycles. The van der Waals surface area contributed by atoms with Crippen molar-refractivity contribution < 1.29 is 19.1 Å². The first-order chi connectivity index (χ1) is 8.61. The van der Waals surface area contributed by atoms with Gasteiger partial charge in [0.05, 0.1) is 5.56 Å². The molecule has 0 radical (unpaired) electrons. The molecular formula is C12H15NO4S. The minimum Gasteiger partial charge on any atom is -0.478 e. The summed E-state index contributed by atoms with van der Waals surface area (Å²) in [6.07, 6.45) is 2.12. The molecule has 1 N–H and O–H groups in total. The number of carboxylic acid groups (broad SMARTS) is 1. The second-order valence-corrected chi connectivity index (χ2v) is 5.57. The predicted octanol–water partition coefficient (Wildman–Crippen LogP) is 1.95. The van der Waals surface area contributed by atoms with Crippen LogP contribution >= 0.6 is 11.8 Å². The van der Waals surface area contributed by atoms with E-state index in [9.17, 15) is 9.59 Å². The highest BCUT2D eigenvalue weighted by molar-refractivity contribution is 8.00. The maximum atomic E-state index is 12.1. The highest BCUT2D eigenvalue weighted by Crippen LogP contribution is 2.22. The lowest BCUT2D eigenvalue weighted by atomic mass is 10.2. The molecule has 1 aliphatic rings. The molecule has 0 bridgehead atoms. The molecule has 98 valence electrons. The fourth-order valence-electron chi connectivity index (χ4n) is 1.87. The van der Waals surface area contributed by atoms with Crippen molar-refractivity contribution in [2.24, 2.45) is 0 Å². The molecule has 1 aromatic rings. The van der Waals surface area contributed by atoms with Crippen LogP contribution in [0.25, 0.3) is 0 Å². The molecule has 6 heteroatoms. The summed E-state index contributed by atoms with van der Waals surface area (Å²) in [7, 11) is 0. The summed E-state index contributed by atoms with van der Waals surface area (Å²) in [5, 5.41) is 9.24. The Morgan fingerprint density at radius 1 is 1.61 bits per heavy atom. The molecule has 1 saturated heterocycles. The minimum atomic E-state index is -1.08. The number of hydrogen-bond acceptors (Lipinski definition) is 4. The van der Waals surface area contributed by atoms with Crippen LogP contribution in [-0.4, -0.2) is 46.0 Å². The van der Waals surface area contributed by atoms with Crippen molar-refractivity contribution in [3.8, 4) is 0 Å². The molecule has 2 heterocycles. The standard InChI is InChI=1S/C12H15NO4S/c1-2-9-6-13(3-4-18-9)11(14)10-5-8(7-17-10)12(15)16/h5,7,9H,2-4,6H2,1H3,(H,15,16). The van der Waals surface area contributed by atoms with Gasteiger partial charge in [0, 0.05) is 30.2 Å². The number of carboxylic acids is 1. The van der Waals surface area contributed by atoms with Gasteiger partial charge in [0.1, 0.15) is 6.26 Å². The van der Waals surface area contributed by atoms with Crippen molar-refractivity contribution >= 4 is 23.6 Å². The van der Waals surface area contributed by atoms with Crippen molar-refractivity contribution in [3.63, 3.8) is 0 Å². The highest BCUT2D eigenvalue weighted by atomic mass is 32.2. The van der Waals surface area contributed by atoms with Gasteiger partial charge >= 0.3 is 5.97 Å². The molecule has 1 aliphatic heterocycles. The summed E-state index contributed by atoms with van der Waals surface area (Å²) in [6.45, 7) is 3.48. The first-order valence-electron chi connectivity index (χ1n) is 5.84. The predicted molar refractivity (Wildman–Crippen MR) is 68.1 cm³/mol. The molecule has 0 spiro atoms. The van der Waals surface area contributed by atoms with E-state index in [0.29, 0.717) is 18.3 Å². The Kier molecular flexibility index (Phi) is 3.96. The van der Waals surface area contributed by atoms with Crippen molar-refractivity contribution in [2.75, 3.05) is 18.8 Å². The highest BCUT2D eigenvalue weighted by Gasteiger charge is 2.26. The van der Waals surface area contributed by atoms with Crippen LogP contribution in [0.3, 0.4) is 0 Å². The number of furan rings is 1. The van der Waals surface area contributed by atoms with Gasteiger partial charge in [0.2, 0.25) is 0 Å². The molecule has 5 nitrogen and oxygen atoms in total. The number of carbonyl (C=O) groups excluding carboxylic acids is 1. The van der Waals surface area contributed by atoms with E-state index in [1.807, 2.05) is 11.8 Å². The molecule has 0 saturated carbocycles. The molecule has 1 unspecified atom stereocenters. The Labute approximate surface area is 109 Å². The lowest BCUT2D eigenvalue weighted by Gasteiger charge is -2.31. The van der Waals surface area contributed by atoms with Gasteiger partial charge in [0.15, 0.2) is 5.76 Å². The van der Waals surface area contributed by atoms with Crippen molar-refractivity contribution in [2.45, 2.75) is 18.6 Å². The first kappa shape index (κ1) is 13.0. The van der Waals surface area contributed by atoms with Crippen LogP contribution in [0, 0.1) is 0 Å². The van der Waals surface area contributed by atoms with Crippen LogP contribution in [0.1, 0.15) is 34.3 Å². The first-order valence-corrected chi connectivity index (χ1v) is 6.89. The Bertz CT molecular complexity index is 457. The minimum absolute atomic E-state index is 0.0109. The largest absolute Gasteiger partial charge is 0.478 e. The zero-order valence-corrected chi connectivity index (χ0v) is 10.9. The van der Waals surface area contributed by atoms with Crippen LogP contribution in [-0.2, 0) is 0 Å². The van der Waals surface area contributed by atoms with E-state index in [1.165, 1.54) is 6.07 Å². The zero-order valence-electron chi connectivity index (χ0n) is 10.1. The number of amides is 1. The molecule has 1 fully saturated rings. The summed E-state index contributed by atoms with van der Waals surface area (Å²) in [4.78, 5) is 24.6. The van der Waals surface area contributed by atoms with Crippen LogP contribution in [0.4, 0.5) is 0 Å². The van der Waals surface area contributed by atoms with Gasteiger partial charge in [-0.1, -0.05) is 6.92 Å². The summed E-state index contributed by atoms with van der Waals surface area (Å²) < 4.78 is 5.03. The van der Waals surface area contributed by atoms with Gasteiger partial charge < -0.3 is 14.4 Å². The molecule has 0 aliphatic carbocycles. The Balaban J connectivity index is 2.07. The van der Waals surface area contributed by atoms with E-state index in [2.05, 4.69) is 6.92 Å². The lowest BCUT2D eigenvalue weighted by Crippen LogP contribution is -2.41. The maximum absolute atomic E-state index is 12.1. The lowest BCUT2D eigenvalue weighted by molar-refractivity contribution is 0.0694. The third kappa shape index (κ3) is 2.69.